The van der Waals surface area contributed by atoms with Gasteiger partial charge < -0.3 is 19.1 Å². The van der Waals surface area contributed by atoms with E-state index in [1.807, 2.05) is 57.2 Å². The zero-order valence-corrected chi connectivity index (χ0v) is 25.0. The predicted octanol–water partition coefficient (Wildman–Crippen LogP) is 3.28. The third kappa shape index (κ3) is 4.68. The number of allylic oxidation sites excluding steroid dienone is 2. The van der Waals surface area contributed by atoms with Gasteiger partial charge in [0.2, 0.25) is 23.6 Å². The Kier molecular flexibility index (Phi) is 8.13. The van der Waals surface area contributed by atoms with Gasteiger partial charge in [-0.3, -0.25) is 19.3 Å². The van der Waals surface area contributed by atoms with E-state index < -0.39 is 48.0 Å². The monoisotopic (exact) mass is 592 g/mol. The van der Waals surface area contributed by atoms with Gasteiger partial charge in [0.05, 0.1) is 18.9 Å². The molecule has 0 bridgehead atoms. The summed E-state index contributed by atoms with van der Waals surface area (Å²) in [7, 11) is 2.69. The van der Waals surface area contributed by atoms with Gasteiger partial charge in [-0.2, -0.15) is 0 Å². The van der Waals surface area contributed by atoms with E-state index in [-0.39, 0.29) is 30.0 Å². The van der Waals surface area contributed by atoms with E-state index in [4.69, 9.17) is 14.2 Å². The maximum Gasteiger partial charge on any atom is 0.424 e. The van der Waals surface area contributed by atoms with Gasteiger partial charge in [-0.05, 0) is 37.8 Å². The first-order valence-corrected chi connectivity index (χ1v) is 14.5. The minimum absolute atomic E-state index is 0.00493. The standard InChI is InChI=1S/C31H36N4O8/c1-6-19-20-14-15-21-23(26(38)33(4)25(21)37)24(20)31(16-18-12-10-9-11-13-18)28(32-17-22(36)41-5)43-30(40)35(31)27(19)42-29(39)34(7-2)8-3/h9-14,21,23-24H,6-8,15-17H2,1-5H3/t21-,23-,24+,31+/m1/s1. The van der Waals surface area contributed by atoms with E-state index in [1.54, 1.807) is 0 Å². The van der Waals surface area contributed by atoms with Gasteiger partial charge in [-0.15, -0.1) is 0 Å². The van der Waals surface area contributed by atoms with E-state index in [2.05, 4.69) is 4.99 Å². The summed E-state index contributed by atoms with van der Waals surface area (Å²) < 4.78 is 16.7. The molecule has 43 heavy (non-hydrogen) atoms. The average Bonchev–Trinajstić information content (AvgIpc) is 3.41. The van der Waals surface area contributed by atoms with Crippen LogP contribution >= 0.6 is 0 Å². The quantitative estimate of drug-likeness (QED) is 0.255. The minimum atomic E-state index is -1.54. The van der Waals surface area contributed by atoms with Crippen LogP contribution in [0.3, 0.4) is 0 Å². The fourth-order valence-corrected chi connectivity index (χ4v) is 6.87. The number of carbonyl (C=O) groups excluding carboxylic acids is 5. The molecule has 5 rings (SSSR count). The number of benzene rings is 1. The summed E-state index contributed by atoms with van der Waals surface area (Å²) in [5, 5.41) is 0. The first-order valence-electron chi connectivity index (χ1n) is 14.5. The molecule has 12 heteroatoms. The van der Waals surface area contributed by atoms with E-state index in [0.717, 1.165) is 10.5 Å². The number of rotatable bonds is 8. The molecule has 0 N–H and O–H groups in total. The van der Waals surface area contributed by atoms with E-state index in [0.29, 0.717) is 37.1 Å². The summed E-state index contributed by atoms with van der Waals surface area (Å²) in [6.45, 7) is 5.83. The lowest BCUT2D eigenvalue weighted by Crippen LogP contribution is -2.63. The highest BCUT2D eigenvalue weighted by Gasteiger charge is 2.69. The number of nitrogens with zero attached hydrogens (tertiary/aromatic N) is 4. The van der Waals surface area contributed by atoms with Gasteiger partial charge >= 0.3 is 18.2 Å². The number of esters is 1. The van der Waals surface area contributed by atoms with Gasteiger partial charge in [0.15, 0.2) is 0 Å². The Hall–Kier alpha value is -4.48. The lowest BCUT2D eigenvalue weighted by Gasteiger charge is -2.50. The highest BCUT2D eigenvalue weighted by molar-refractivity contribution is 6.09. The van der Waals surface area contributed by atoms with Crippen LogP contribution in [-0.2, 0) is 35.0 Å². The Morgan fingerprint density at radius 3 is 2.42 bits per heavy atom. The van der Waals surface area contributed by atoms with Crippen LogP contribution in [0.5, 0.6) is 0 Å². The van der Waals surface area contributed by atoms with Crippen LogP contribution in [-0.4, -0.2) is 89.9 Å². The molecule has 4 amide bonds. The number of likely N-dealkylation sites (tertiary alicyclic amines) is 1. The third-order valence-electron chi connectivity index (χ3n) is 8.90. The Morgan fingerprint density at radius 1 is 1.09 bits per heavy atom. The van der Waals surface area contributed by atoms with Gasteiger partial charge in [0, 0.05) is 38.0 Å². The van der Waals surface area contributed by atoms with Crippen molar-refractivity contribution in [2.75, 3.05) is 33.8 Å². The highest BCUT2D eigenvalue weighted by atomic mass is 16.6. The van der Waals surface area contributed by atoms with Crippen molar-refractivity contribution in [2.45, 2.75) is 45.6 Å². The lowest BCUT2D eigenvalue weighted by atomic mass is 9.59. The van der Waals surface area contributed by atoms with Crippen molar-refractivity contribution >= 4 is 35.9 Å². The van der Waals surface area contributed by atoms with Crippen molar-refractivity contribution in [3.63, 3.8) is 0 Å². The first kappa shape index (κ1) is 30.0. The van der Waals surface area contributed by atoms with Crippen LogP contribution in [0.2, 0.25) is 0 Å². The third-order valence-corrected chi connectivity index (χ3v) is 8.90. The number of imide groups is 1. The zero-order chi connectivity index (χ0) is 31.1. The molecule has 3 aliphatic heterocycles. The Balaban J connectivity index is 1.82. The number of carbonyl (C=O) groups is 5. The molecular formula is C31H36N4O8. The number of hydrogen-bond acceptors (Lipinski definition) is 9. The number of fused-ring (bicyclic) bond motifs is 5. The molecular weight excluding hydrogens is 556 g/mol. The Morgan fingerprint density at radius 2 is 1.79 bits per heavy atom. The zero-order valence-electron chi connectivity index (χ0n) is 25.0. The molecule has 1 aliphatic carbocycles. The molecule has 3 heterocycles. The van der Waals surface area contributed by atoms with Crippen LogP contribution in [0.15, 0.2) is 58.4 Å². The highest BCUT2D eigenvalue weighted by Crippen LogP contribution is 2.57. The van der Waals surface area contributed by atoms with Gasteiger partial charge in [0.1, 0.15) is 12.1 Å². The van der Waals surface area contributed by atoms with Crippen molar-refractivity contribution < 1.29 is 38.2 Å². The van der Waals surface area contributed by atoms with Crippen molar-refractivity contribution in [1.29, 1.82) is 0 Å². The Labute approximate surface area is 249 Å². The number of aliphatic imine (C=N–C) groups is 1. The second kappa shape index (κ2) is 11.7. The molecule has 12 nitrogen and oxygen atoms in total. The molecule has 0 unspecified atom stereocenters. The van der Waals surface area contributed by atoms with Crippen LogP contribution in [0.1, 0.15) is 39.2 Å². The lowest BCUT2D eigenvalue weighted by molar-refractivity contribution is -0.140. The molecule has 4 aliphatic rings. The minimum Gasteiger partial charge on any atom is -0.468 e. The molecule has 4 atom stereocenters. The number of cyclic esters (lactones) is 1. The Bertz CT molecular complexity index is 1450. The van der Waals surface area contributed by atoms with E-state index >= 15 is 0 Å². The number of amides is 4. The molecule has 2 saturated heterocycles. The van der Waals surface area contributed by atoms with Crippen LogP contribution in [0.4, 0.5) is 9.59 Å². The smallest absolute Gasteiger partial charge is 0.424 e. The van der Waals surface area contributed by atoms with E-state index in [1.165, 1.54) is 24.0 Å². The summed E-state index contributed by atoms with van der Waals surface area (Å²) >= 11 is 0. The maximum absolute atomic E-state index is 14.0. The molecule has 1 aromatic rings. The summed E-state index contributed by atoms with van der Waals surface area (Å²) in [5.41, 5.74) is 0.491. The van der Waals surface area contributed by atoms with Crippen molar-refractivity contribution in [1.82, 2.24) is 14.7 Å². The number of ether oxygens (including phenoxy) is 3. The fraction of sp³-hybridized carbons (Fsp3) is 0.484. The first-order chi connectivity index (χ1) is 20.6. The van der Waals surface area contributed by atoms with Gasteiger partial charge in [0.25, 0.3) is 0 Å². The second-order valence-electron chi connectivity index (χ2n) is 10.9. The fourth-order valence-electron chi connectivity index (χ4n) is 6.87. The van der Waals surface area contributed by atoms with Crippen molar-refractivity contribution in [3.05, 3.63) is 59.0 Å². The van der Waals surface area contributed by atoms with E-state index in [9.17, 15) is 24.0 Å². The molecule has 0 radical (unpaired) electrons. The molecule has 1 aromatic carbocycles. The summed E-state index contributed by atoms with van der Waals surface area (Å²) in [5.74, 6) is -3.73. The second-order valence-corrected chi connectivity index (χ2v) is 10.9. The molecule has 0 aromatic heterocycles. The summed E-state index contributed by atoms with van der Waals surface area (Å²) in [6.07, 6.45) is 1.16. The number of hydrogen-bond donors (Lipinski definition) is 0. The van der Waals surface area contributed by atoms with Crippen LogP contribution in [0, 0.1) is 17.8 Å². The summed E-state index contributed by atoms with van der Waals surface area (Å²) in [4.78, 5) is 75.0. The van der Waals surface area contributed by atoms with Crippen molar-refractivity contribution in [3.8, 4) is 0 Å². The topological polar surface area (TPSA) is 135 Å². The normalized spacial score (nSPS) is 27.0. The largest absolute Gasteiger partial charge is 0.468 e. The van der Waals surface area contributed by atoms with Crippen LogP contribution in [0.25, 0.3) is 0 Å². The molecule has 228 valence electrons. The van der Waals surface area contributed by atoms with Crippen molar-refractivity contribution in [2.24, 2.45) is 22.7 Å². The summed E-state index contributed by atoms with van der Waals surface area (Å²) in [6, 6.07) is 9.27. The predicted molar refractivity (Wildman–Crippen MR) is 153 cm³/mol. The van der Waals surface area contributed by atoms with Crippen LogP contribution < -0.4 is 0 Å². The number of methoxy groups -OCH3 is 1. The maximum atomic E-state index is 14.0. The SMILES string of the molecule is CCC1=C(OC(=O)N(CC)CC)N2C(=O)OC(=NCC(=O)OC)[C@]2(Cc2ccccc2)[C@H]2C1=CC[C@H]1C(=O)N(C)C(=O)[C@H]12. The average molecular weight is 593 g/mol. The molecule has 0 saturated carbocycles. The molecule has 0 spiro atoms. The van der Waals surface area contributed by atoms with Gasteiger partial charge in [-0.1, -0.05) is 43.3 Å². The molecule has 2 fully saturated rings. The van der Waals surface area contributed by atoms with Gasteiger partial charge in [-0.25, -0.2) is 19.5 Å².